The monoisotopic (exact) mass is 372 g/mol. The lowest BCUT2D eigenvalue weighted by atomic mass is 10.2. The molecule has 146 valence electrons. The average Bonchev–Trinajstić information content (AvgIpc) is 3.36. The molecule has 1 aliphatic heterocycles. The molecule has 3 rings (SSSR count). The maximum Gasteiger partial charge on any atom is 0.289 e. The molecule has 1 N–H and O–H groups in total. The zero-order valence-corrected chi connectivity index (χ0v) is 16.1. The zero-order valence-electron chi connectivity index (χ0n) is 16.1. The fraction of sp³-hybridized carbons (Fsp3) is 0.526. The van der Waals surface area contributed by atoms with Crippen LogP contribution in [0.15, 0.2) is 40.2 Å². The van der Waals surface area contributed by atoms with Gasteiger partial charge in [0.1, 0.15) is 0 Å². The molecule has 0 radical (unpaired) electrons. The van der Waals surface area contributed by atoms with Gasteiger partial charge in [0.15, 0.2) is 11.7 Å². The Morgan fingerprint density at radius 2 is 2.07 bits per heavy atom. The third kappa shape index (κ3) is 5.12. The van der Waals surface area contributed by atoms with Crippen LogP contribution in [-0.4, -0.2) is 70.7 Å². The van der Waals surface area contributed by atoms with E-state index in [0.29, 0.717) is 18.8 Å². The number of aliphatic imine (C=N–C) groups is 1. The first-order chi connectivity index (χ1) is 13.2. The Balaban J connectivity index is 1.49. The van der Waals surface area contributed by atoms with Gasteiger partial charge in [0.05, 0.1) is 12.5 Å². The summed E-state index contributed by atoms with van der Waals surface area (Å²) in [5, 5.41) is 7.56. The number of rotatable bonds is 6. The maximum atomic E-state index is 12.4. The number of hydrogen-bond acceptors (Lipinski definition) is 4. The number of amides is 1. The van der Waals surface area contributed by atoms with Gasteiger partial charge in [-0.25, -0.2) is 0 Å². The topological polar surface area (TPSA) is 78.9 Å². The second-order valence-electron chi connectivity index (χ2n) is 6.62. The standard InChI is InChI=1S/C19H28N6O2/c1-3-20-19(21-8-4-6-16-14-22-23(2)15-16)25-11-9-24(10-12-25)18(26)17-7-5-13-27-17/h5,7,13-15H,3-4,6,8-12H2,1-2H3,(H,20,21). The van der Waals surface area contributed by atoms with Crippen LogP contribution >= 0.6 is 0 Å². The molecule has 0 unspecified atom stereocenters. The second kappa shape index (κ2) is 9.25. The van der Waals surface area contributed by atoms with Crippen LogP contribution in [0, 0.1) is 0 Å². The molecule has 2 aromatic heterocycles. The fourth-order valence-electron chi connectivity index (χ4n) is 3.17. The van der Waals surface area contributed by atoms with Gasteiger partial charge in [-0.15, -0.1) is 0 Å². The lowest BCUT2D eigenvalue weighted by molar-refractivity contribution is 0.0657. The maximum absolute atomic E-state index is 12.4. The number of piperazine rings is 1. The Morgan fingerprint density at radius 1 is 1.30 bits per heavy atom. The van der Waals surface area contributed by atoms with Gasteiger partial charge in [-0.05, 0) is 37.5 Å². The predicted octanol–water partition coefficient (Wildman–Crippen LogP) is 1.37. The Labute approximate surface area is 159 Å². The van der Waals surface area contributed by atoms with E-state index in [0.717, 1.165) is 45.0 Å². The number of aromatic nitrogens is 2. The fourth-order valence-corrected chi connectivity index (χ4v) is 3.17. The molecule has 8 heteroatoms. The number of guanidine groups is 1. The van der Waals surface area contributed by atoms with Crippen molar-refractivity contribution in [3.63, 3.8) is 0 Å². The van der Waals surface area contributed by atoms with Gasteiger partial charge >= 0.3 is 0 Å². The third-order valence-electron chi connectivity index (χ3n) is 4.58. The summed E-state index contributed by atoms with van der Waals surface area (Å²) >= 11 is 0. The molecule has 2 aromatic rings. The van der Waals surface area contributed by atoms with Gasteiger partial charge in [0.2, 0.25) is 0 Å². The highest BCUT2D eigenvalue weighted by Gasteiger charge is 2.25. The molecule has 8 nitrogen and oxygen atoms in total. The van der Waals surface area contributed by atoms with Crippen molar-refractivity contribution in [2.45, 2.75) is 19.8 Å². The minimum atomic E-state index is -0.0435. The van der Waals surface area contributed by atoms with Gasteiger partial charge in [-0.2, -0.15) is 5.10 Å². The van der Waals surface area contributed by atoms with Crippen molar-refractivity contribution in [3.05, 3.63) is 42.1 Å². The molecule has 27 heavy (non-hydrogen) atoms. The number of aryl methyl sites for hydroxylation is 2. The highest BCUT2D eigenvalue weighted by Crippen LogP contribution is 2.10. The Kier molecular flexibility index (Phi) is 6.51. The molecule has 0 bridgehead atoms. The number of hydrogen-bond donors (Lipinski definition) is 1. The second-order valence-corrected chi connectivity index (χ2v) is 6.62. The van der Waals surface area contributed by atoms with E-state index in [2.05, 4.69) is 22.2 Å². The number of carbonyl (C=O) groups is 1. The first kappa shape index (κ1) is 19.0. The highest BCUT2D eigenvalue weighted by atomic mass is 16.3. The summed E-state index contributed by atoms with van der Waals surface area (Å²) in [6.07, 6.45) is 7.44. The van der Waals surface area contributed by atoms with Gasteiger partial charge in [-0.1, -0.05) is 0 Å². The summed E-state index contributed by atoms with van der Waals surface area (Å²) in [6.45, 7) is 6.53. The van der Waals surface area contributed by atoms with Crippen LogP contribution in [0.3, 0.4) is 0 Å². The summed E-state index contributed by atoms with van der Waals surface area (Å²) in [5.74, 6) is 1.28. The number of furan rings is 1. The summed E-state index contributed by atoms with van der Waals surface area (Å²) < 4.78 is 7.04. The molecule has 1 aliphatic rings. The summed E-state index contributed by atoms with van der Waals surface area (Å²) in [6, 6.07) is 3.45. The van der Waals surface area contributed by atoms with Crippen LogP contribution < -0.4 is 5.32 Å². The van der Waals surface area contributed by atoms with Crippen molar-refractivity contribution >= 4 is 11.9 Å². The minimum absolute atomic E-state index is 0.0435. The van der Waals surface area contributed by atoms with Crippen LogP contribution in [-0.2, 0) is 13.5 Å². The highest BCUT2D eigenvalue weighted by molar-refractivity contribution is 5.91. The van der Waals surface area contributed by atoms with Crippen molar-refractivity contribution in [2.24, 2.45) is 12.0 Å². The van der Waals surface area contributed by atoms with E-state index in [-0.39, 0.29) is 5.91 Å². The van der Waals surface area contributed by atoms with Crippen molar-refractivity contribution in [1.82, 2.24) is 24.9 Å². The van der Waals surface area contributed by atoms with Crippen LogP contribution in [0.5, 0.6) is 0 Å². The first-order valence-electron chi connectivity index (χ1n) is 9.51. The van der Waals surface area contributed by atoms with Gasteiger partial charge in [0.25, 0.3) is 5.91 Å². The van der Waals surface area contributed by atoms with Crippen LogP contribution in [0.25, 0.3) is 0 Å². The van der Waals surface area contributed by atoms with Gasteiger partial charge in [0, 0.05) is 52.5 Å². The Morgan fingerprint density at radius 3 is 2.70 bits per heavy atom. The van der Waals surface area contributed by atoms with Crippen LogP contribution in [0.1, 0.15) is 29.5 Å². The molecule has 0 atom stereocenters. The lowest BCUT2D eigenvalue weighted by Crippen LogP contribution is -2.53. The van der Waals surface area contributed by atoms with Crippen molar-refractivity contribution in [1.29, 1.82) is 0 Å². The van der Waals surface area contributed by atoms with E-state index >= 15 is 0 Å². The zero-order chi connectivity index (χ0) is 19.1. The third-order valence-corrected chi connectivity index (χ3v) is 4.58. The van der Waals surface area contributed by atoms with Gasteiger partial charge in [-0.3, -0.25) is 14.5 Å². The Hall–Kier alpha value is -2.77. The number of nitrogens with one attached hydrogen (secondary N) is 1. The molecule has 0 aromatic carbocycles. The molecule has 3 heterocycles. The minimum Gasteiger partial charge on any atom is -0.459 e. The molecule has 0 aliphatic carbocycles. The summed E-state index contributed by atoms with van der Waals surface area (Å²) in [4.78, 5) is 21.2. The van der Waals surface area contributed by atoms with E-state index < -0.39 is 0 Å². The van der Waals surface area contributed by atoms with E-state index in [1.165, 1.54) is 11.8 Å². The van der Waals surface area contributed by atoms with Crippen LogP contribution in [0.4, 0.5) is 0 Å². The molecule has 1 amide bonds. The molecule has 1 fully saturated rings. The van der Waals surface area contributed by atoms with E-state index in [9.17, 15) is 4.79 Å². The van der Waals surface area contributed by atoms with Gasteiger partial charge < -0.3 is 19.5 Å². The SMILES string of the molecule is CCNC(=NCCCc1cnn(C)c1)N1CCN(C(=O)c2ccco2)CC1. The van der Waals surface area contributed by atoms with Crippen molar-refractivity contribution in [2.75, 3.05) is 39.3 Å². The number of nitrogens with zero attached hydrogens (tertiary/aromatic N) is 5. The smallest absolute Gasteiger partial charge is 0.289 e. The lowest BCUT2D eigenvalue weighted by Gasteiger charge is -2.36. The number of carbonyl (C=O) groups excluding carboxylic acids is 1. The van der Waals surface area contributed by atoms with E-state index in [1.54, 1.807) is 12.1 Å². The molecular weight excluding hydrogens is 344 g/mol. The molecule has 1 saturated heterocycles. The first-order valence-corrected chi connectivity index (χ1v) is 9.51. The van der Waals surface area contributed by atoms with Crippen molar-refractivity contribution in [3.8, 4) is 0 Å². The summed E-state index contributed by atoms with van der Waals surface area (Å²) in [5.41, 5.74) is 1.24. The largest absolute Gasteiger partial charge is 0.459 e. The predicted molar refractivity (Wildman–Crippen MR) is 104 cm³/mol. The van der Waals surface area contributed by atoms with E-state index in [4.69, 9.17) is 9.41 Å². The molecule has 0 saturated carbocycles. The quantitative estimate of drug-likeness (QED) is 0.471. The molecule has 0 spiro atoms. The van der Waals surface area contributed by atoms with Crippen LogP contribution in [0.2, 0.25) is 0 Å². The normalized spacial score (nSPS) is 15.3. The van der Waals surface area contributed by atoms with E-state index in [1.807, 2.05) is 29.0 Å². The summed E-state index contributed by atoms with van der Waals surface area (Å²) in [7, 11) is 1.93. The molecular formula is C19H28N6O2. The van der Waals surface area contributed by atoms with Crippen molar-refractivity contribution < 1.29 is 9.21 Å². The average molecular weight is 372 g/mol. The Bertz CT molecular complexity index is 744.